The summed E-state index contributed by atoms with van der Waals surface area (Å²) in [6.45, 7) is 0. The Hall–Kier alpha value is -1.91. The third-order valence-electron chi connectivity index (χ3n) is 1.90. The number of ether oxygens (including phenoxy) is 1. The molecule has 1 aromatic heterocycles. The molecule has 0 saturated carbocycles. The Morgan fingerprint density at radius 3 is 3.07 bits per heavy atom. The molecule has 72 valence electrons. The highest BCUT2D eigenvalue weighted by Gasteiger charge is 2.11. The average Bonchev–Trinajstić information content (AvgIpc) is 2.64. The van der Waals surface area contributed by atoms with Gasteiger partial charge in [-0.3, -0.25) is 0 Å². The van der Waals surface area contributed by atoms with Gasteiger partial charge in [-0.25, -0.2) is 14.2 Å². The fourth-order valence-corrected chi connectivity index (χ4v) is 1.24. The van der Waals surface area contributed by atoms with Crippen molar-refractivity contribution in [2.45, 2.75) is 0 Å². The topological polar surface area (TPSA) is 55.0 Å². The van der Waals surface area contributed by atoms with E-state index >= 15 is 0 Å². The maximum atomic E-state index is 13.3. The number of esters is 1. The van der Waals surface area contributed by atoms with E-state index in [9.17, 15) is 9.18 Å². The second-order valence-electron chi connectivity index (χ2n) is 2.75. The molecule has 4 nitrogen and oxygen atoms in total. The van der Waals surface area contributed by atoms with Crippen molar-refractivity contribution in [3.63, 3.8) is 0 Å². The number of halogens is 1. The van der Waals surface area contributed by atoms with Gasteiger partial charge in [0.2, 0.25) is 0 Å². The van der Waals surface area contributed by atoms with Gasteiger partial charge in [0.1, 0.15) is 11.3 Å². The number of H-pyrrole nitrogens is 1. The molecule has 0 amide bonds. The first-order valence-electron chi connectivity index (χ1n) is 3.93. The van der Waals surface area contributed by atoms with Crippen molar-refractivity contribution in [2.24, 2.45) is 0 Å². The van der Waals surface area contributed by atoms with E-state index in [0.717, 1.165) is 6.07 Å². The van der Waals surface area contributed by atoms with Gasteiger partial charge in [0.15, 0.2) is 0 Å². The number of rotatable bonds is 1. The molecule has 1 aromatic carbocycles. The fourth-order valence-electron chi connectivity index (χ4n) is 1.24. The minimum Gasteiger partial charge on any atom is -0.465 e. The van der Waals surface area contributed by atoms with E-state index in [1.807, 2.05) is 0 Å². The highest BCUT2D eigenvalue weighted by Crippen LogP contribution is 2.16. The van der Waals surface area contributed by atoms with E-state index in [1.165, 1.54) is 19.5 Å². The van der Waals surface area contributed by atoms with E-state index < -0.39 is 11.8 Å². The lowest BCUT2D eigenvalue weighted by Crippen LogP contribution is -2.01. The van der Waals surface area contributed by atoms with Crippen LogP contribution in [0.2, 0.25) is 0 Å². The van der Waals surface area contributed by atoms with Crippen LogP contribution >= 0.6 is 0 Å². The fraction of sp³-hybridized carbons (Fsp3) is 0.111. The molecule has 0 unspecified atom stereocenters. The van der Waals surface area contributed by atoms with Crippen LogP contribution in [0, 0.1) is 5.82 Å². The summed E-state index contributed by atoms with van der Waals surface area (Å²) < 4.78 is 17.8. The van der Waals surface area contributed by atoms with Crippen molar-refractivity contribution in [3.8, 4) is 0 Å². The second-order valence-corrected chi connectivity index (χ2v) is 2.75. The van der Waals surface area contributed by atoms with Crippen LogP contribution in [0.4, 0.5) is 4.39 Å². The Morgan fingerprint density at radius 2 is 2.36 bits per heavy atom. The first-order valence-corrected chi connectivity index (χ1v) is 3.93. The molecule has 0 atom stereocenters. The number of benzene rings is 1. The second kappa shape index (κ2) is 3.10. The zero-order valence-electron chi connectivity index (χ0n) is 7.37. The molecule has 1 N–H and O–H groups in total. The summed E-state index contributed by atoms with van der Waals surface area (Å²) in [6.07, 6.45) is 1.37. The Kier molecular flexibility index (Phi) is 1.92. The standard InChI is InChI=1S/C9H7FN2O2/c1-14-9(13)5-2-6(10)8-7(3-5)11-4-12-8/h2-4H,1H3,(H,11,12). The molecular formula is C9H7FN2O2. The van der Waals surface area contributed by atoms with Gasteiger partial charge in [-0.1, -0.05) is 0 Å². The van der Waals surface area contributed by atoms with Crippen molar-refractivity contribution in [1.82, 2.24) is 9.97 Å². The maximum absolute atomic E-state index is 13.3. The predicted octanol–water partition coefficient (Wildman–Crippen LogP) is 1.49. The van der Waals surface area contributed by atoms with Crippen LogP contribution in [0.5, 0.6) is 0 Å². The summed E-state index contributed by atoms with van der Waals surface area (Å²) in [6, 6.07) is 2.59. The lowest BCUT2D eigenvalue weighted by molar-refractivity contribution is 0.0600. The third kappa shape index (κ3) is 1.22. The van der Waals surface area contributed by atoms with Crippen LogP contribution in [-0.4, -0.2) is 23.0 Å². The number of carbonyl (C=O) groups excluding carboxylic acids is 1. The Labute approximate surface area is 78.7 Å². The minimum atomic E-state index is -0.575. The normalized spacial score (nSPS) is 10.4. The number of hydrogen-bond donors (Lipinski definition) is 1. The minimum absolute atomic E-state index is 0.157. The van der Waals surface area contributed by atoms with Crippen molar-refractivity contribution in [3.05, 3.63) is 29.8 Å². The van der Waals surface area contributed by atoms with Crippen LogP contribution in [0.25, 0.3) is 11.0 Å². The van der Waals surface area contributed by atoms with Gasteiger partial charge in [0.25, 0.3) is 0 Å². The van der Waals surface area contributed by atoms with Crippen LogP contribution in [-0.2, 0) is 4.74 Å². The molecule has 14 heavy (non-hydrogen) atoms. The van der Waals surface area contributed by atoms with E-state index in [2.05, 4.69) is 14.7 Å². The number of aromatic amines is 1. The number of fused-ring (bicyclic) bond motifs is 1. The van der Waals surface area contributed by atoms with Gasteiger partial charge < -0.3 is 9.72 Å². The lowest BCUT2D eigenvalue weighted by Gasteiger charge is -1.99. The van der Waals surface area contributed by atoms with Crippen LogP contribution in [0.1, 0.15) is 10.4 Å². The predicted molar refractivity (Wildman–Crippen MR) is 47.4 cm³/mol. The number of carbonyl (C=O) groups is 1. The number of imidazole rings is 1. The van der Waals surface area contributed by atoms with Crippen molar-refractivity contribution >= 4 is 17.0 Å². The Balaban J connectivity index is 2.64. The quantitative estimate of drug-likeness (QED) is 0.699. The summed E-state index contributed by atoms with van der Waals surface area (Å²) >= 11 is 0. The highest BCUT2D eigenvalue weighted by atomic mass is 19.1. The van der Waals surface area contributed by atoms with E-state index in [-0.39, 0.29) is 11.1 Å². The summed E-state index contributed by atoms with van der Waals surface area (Å²) in [5.74, 6) is -1.09. The van der Waals surface area contributed by atoms with Gasteiger partial charge >= 0.3 is 5.97 Å². The molecule has 0 radical (unpaired) electrons. The first kappa shape index (κ1) is 8.68. The van der Waals surface area contributed by atoms with Crippen molar-refractivity contribution < 1.29 is 13.9 Å². The number of nitrogens with one attached hydrogen (secondary N) is 1. The highest BCUT2D eigenvalue weighted by molar-refractivity contribution is 5.93. The average molecular weight is 194 g/mol. The Morgan fingerprint density at radius 1 is 1.57 bits per heavy atom. The van der Waals surface area contributed by atoms with Crippen molar-refractivity contribution in [1.29, 1.82) is 0 Å². The smallest absolute Gasteiger partial charge is 0.338 e. The van der Waals surface area contributed by atoms with Crippen molar-refractivity contribution in [2.75, 3.05) is 7.11 Å². The van der Waals surface area contributed by atoms with E-state index in [1.54, 1.807) is 0 Å². The first-order chi connectivity index (χ1) is 6.72. The summed E-state index contributed by atoms with van der Waals surface area (Å²) in [5, 5.41) is 0. The molecule has 1 heterocycles. The van der Waals surface area contributed by atoms with E-state index in [0.29, 0.717) is 5.52 Å². The zero-order valence-corrected chi connectivity index (χ0v) is 7.37. The zero-order chi connectivity index (χ0) is 10.1. The molecule has 0 aliphatic heterocycles. The van der Waals surface area contributed by atoms with Gasteiger partial charge in [0, 0.05) is 0 Å². The Bertz CT molecular complexity index is 493. The number of aromatic nitrogens is 2. The van der Waals surface area contributed by atoms with Crippen LogP contribution in [0.15, 0.2) is 18.5 Å². The van der Waals surface area contributed by atoms with E-state index in [4.69, 9.17) is 0 Å². The number of nitrogens with zero attached hydrogens (tertiary/aromatic N) is 1. The lowest BCUT2D eigenvalue weighted by atomic mass is 10.2. The molecule has 0 aliphatic carbocycles. The van der Waals surface area contributed by atoms with Gasteiger partial charge in [0.05, 0.1) is 24.5 Å². The summed E-state index contributed by atoms with van der Waals surface area (Å²) in [4.78, 5) is 17.6. The largest absolute Gasteiger partial charge is 0.465 e. The van der Waals surface area contributed by atoms with Crippen LogP contribution < -0.4 is 0 Å². The molecular weight excluding hydrogens is 187 g/mol. The molecule has 2 aromatic rings. The molecule has 5 heteroatoms. The van der Waals surface area contributed by atoms with Gasteiger partial charge in [-0.2, -0.15) is 0 Å². The summed E-state index contributed by atoms with van der Waals surface area (Å²) in [5.41, 5.74) is 0.854. The van der Waals surface area contributed by atoms with Gasteiger partial charge in [-0.05, 0) is 12.1 Å². The SMILES string of the molecule is COC(=O)c1cc(F)c2[nH]cnc2c1. The molecule has 0 fully saturated rings. The molecule has 0 bridgehead atoms. The molecule has 0 saturated heterocycles. The third-order valence-corrected chi connectivity index (χ3v) is 1.90. The van der Waals surface area contributed by atoms with Gasteiger partial charge in [-0.15, -0.1) is 0 Å². The maximum Gasteiger partial charge on any atom is 0.338 e. The number of hydrogen-bond acceptors (Lipinski definition) is 3. The number of methoxy groups -OCH3 is 1. The molecule has 2 rings (SSSR count). The monoisotopic (exact) mass is 194 g/mol. The molecule has 0 spiro atoms. The molecule has 0 aliphatic rings. The summed E-state index contributed by atoms with van der Waals surface area (Å²) in [7, 11) is 1.25. The van der Waals surface area contributed by atoms with Crippen LogP contribution in [0.3, 0.4) is 0 Å².